The van der Waals surface area contributed by atoms with Crippen LogP contribution in [0.15, 0.2) is 0 Å². The van der Waals surface area contributed by atoms with E-state index in [1.54, 1.807) is 7.05 Å². The molecule has 0 aromatic heterocycles. The largest absolute Gasteiger partial charge is 0.359 e. The van der Waals surface area contributed by atoms with E-state index in [4.69, 9.17) is 0 Å². The number of amides is 2. The Hall–Kier alpha value is -1.10. The molecule has 2 N–H and O–H groups in total. The molecule has 0 bridgehead atoms. The number of piperidine rings is 2. The molecule has 5 nitrogen and oxygen atoms in total. The van der Waals surface area contributed by atoms with Gasteiger partial charge in [-0.2, -0.15) is 0 Å². The highest BCUT2D eigenvalue weighted by Gasteiger charge is 2.29. The smallest absolute Gasteiger partial charge is 0.224 e. The number of nitrogens with one attached hydrogen (secondary N) is 2. The highest BCUT2D eigenvalue weighted by Crippen LogP contribution is 2.21. The molecule has 114 valence electrons. The molecule has 2 rings (SSSR count). The number of likely N-dealkylation sites (tertiary alicyclic amines) is 1. The van der Waals surface area contributed by atoms with Gasteiger partial charge in [0.25, 0.3) is 0 Å². The second-order valence-corrected chi connectivity index (χ2v) is 6.15. The number of carbonyl (C=O) groups excluding carboxylic acids is 2. The Morgan fingerprint density at radius 1 is 1.25 bits per heavy atom. The summed E-state index contributed by atoms with van der Waals surface area (Å²) in [6, 6.07) is 0.327. The second-order valence-electron chi connectivity index (χ2n) is 6.15. The summed E-state index contributed by atoms with van der Waals surface area (Å²) in [6.07, 6.45) is 4.61. The maximum atomic E-state index is 12.3. The van der Waals surface area contributed by atoms with Crippen molar-refractivity contribution in [3.05, 3.63) is 0 Å². The van der Waals surface area contributed by atoms with Crippen LogP contribution in [0.3, 0.4) is 0 Å². The van der Waals surface area contributed by atoms with Gasteiger partial charge in [0.1, 0.15) is 0 Å². The van der Waals surface area contributed by atoms with Crippen LogP contribution in [-0.4, -0.2) is 49.4 Å². The van der Waals surface area contributed by atoms with Crippen molar-refractivity contribution in [1.82, 2.24) is 15.5 Å². The summed E-state index contributed by atoms with van der Waals surface area (Å²) < 4.78 is 0. The first-order valence-corrected chi connectivity index (χ1v) is 7.84. The third-order valence-corrected chi connectivity index (χ3v) is 4.79. The highest BCUT2D eigenvalue weighted by molar-refractivity contribution is 5.80. The molecule has 2 saturated heterocycles. The van der Waals surface area contributed by atoms with Crippen molar-refractivity contribution in [3.63, 3.8) is 0 Å². The molecule has 0 spiro atoms. The Balaban J connectivity index is 1.78. The Bertz CT molecular complexity index is 351. The molecule has 0 aromatic rings. The van der Waals surface area contributed by atoms with Crippen LogP contribution in [0.2, 0.25) is 0 Å². The van der Waals surface area contributed by atoms with E-state index in [1.165, 1.54) is 12.8 Å². The van der Waals surface area contributed by atoms with Gasteiger partial charge in [-0.05, 0) is 38.1 Å². The molecule has 0 saturated carbocycles. The topological polar surface area (TPSA) is 61.4 Å². The van der Waals surface area contributed by atoms with Crippen molar-refractivity contribution in [2.75, 3.05) is 26.7 Å². The predicted molar refractivity (Wildman–Crippen MR) is 78.2 cm³/mol. The number of rotatable bonds is 3. The average Bonchev–Trinajstić information content (AvgIpc) is 2.49. The number of hydrogen-bond donors (Lipinski definition) is 2. The molecule has 2 unspecified atom stereocenters. The minimum absolute atomic E-state index is 0.0794. The number of carbonyl (C=O) groups is 2. The van der Waals surface area contributed by atoms with Gasteiger partial charge in [-0.1, -0.05) is 6.92 Å². The van der Waals surface area contributed by atoms with Crippen molar-refractivity contribution < 1.29 is 9.59 Å². The van der Waals surface area contributed by atoms with Gasteiger partial charge in [-0.3, -0.25) is 9.59 Å². The molecular formula is C15H27N3O2. The SMILES string of the molecule is CNC(=O)C1CCN(C(=O)CC2NCCCC2C)CC1. The maximum absolute atomic E-state index is 12.3. The molecule has 0 aliphatic carbocycles. The summed E-state index contributed by atoms with van der Waals surface area (Å²) in [5.41, 5.74) is 0. The summed E-state index contributed by atoms with van der Waals surface area (Å²) in [6.45, 7) is 4.69. The summed E-state index contributed by atoms with van der Waals surface area (Å²) >= 11 is 0. The monoisotopic (exact) mass is 281 g/mol. The van der Waals surface area contributed by atoms with E-state index < -0.39 is 0 Å². The zero-order chi connectivity index (χ0) is 14.5. The first-order chi connectivity index (χ1) is 9.61. The minimum atomic E-state index is 0.0794. The molecule has 2 aliphatic rings. The fourth-order valence-corrected chi connectivity index (χ4v) is 3.30. The van der Waals surface area contributed by atoms with Crippen LogP contribution in [0, 0.1) is 11.8 Å². The van der Waals surface area contributed by atoms with Crippen molar-refractivity contribution >= 4 is 11.8 Å². The van der Waals surface area contributed by atoms with E-state index in [0.717, 1.165) is 32.5 Å². The first kappa shape index (κ1) is 15.3. The van der Waals surface area contributed by atoms with Crippen LogP contribution in [0.25, 0.3) is 0 Å². The normalized spacial score (nSPS) is 28.2. The highest BCUT2D eigenvalue weighted by atomic mass is 16.2. The molecular weight excluding hydrogens is 254 g/mol. The zero-order valence-electron chi connectivity index (χ0n) is 12.7. The lowest BCUT2D eigenvalue weighted by atomic mass is 9.89. The van der Waals surface area contributed by atoms with Gasteiger partial charge in [0.15, 0.2) is 0 Å². The van der Waals surface area contributed by atoms with E-state index >= 15 is 0 Å². The lowest BCUT2D eigenvalue weighted by Gasteiger charge is -2.34. The summed E-state index contributed by atoms with van der Waals surface area (Å²) in [4.78, 5) is 25.9. The lowest BCUT2D eigenvalue weighted by molar-refractivity contribution is -0.136. The third kappa shape index (κ3) is 3.72. The average molecular weight is 281 g/mol. The van der Waals surface area contributed by atoms with Gasteiger partial charge in [-0.15, -0.1) is 0 Å². The molecule has 0 aromatic carbocycles. The van der Waals surface area contributed by atoms with Gasteiger partial charge in [-0.25, -0.2) is 0 Å². The van der Waals surface area contributed by atoms with Crippen LogP contribution < -0.4 is 10.6 Å². The summed E-state index contributed by atoms with van der Waals surface area (Å²) in [7, 11) is 1.68. The molecule has 2 fully saturated rings. The van der Waals surface area contributed by atoms with Crippen molar-refractivity contribution in [2.45, 2.75) is 45.1 Å². The van der Waals surface area contributed by atoms with Gasteiger partial charge in [0.05, 0.1) is 0 Å². The molecule has 2 aliphatic heterocycles. The van der Waals surface area contributed by atoms with Gasteiger partial charge >= 0.3 is 0 Å². The van der Waals surface area contributed by atoms with E-state index in [2.05, 4.69) is 17.6 Å². The standard InChI is InChI=1S/C15H27N3O2/c1-11-4-3-7-17-13(11)10-14(19)18-8-5-12(6-9-18)15(20)16-2/h11-13,17H,3-10H2,1-2H3,(H,16,20). The second kappa shape index (κ2) is 7.07. The number of nitrogens with zero attached hydrogens (tertiary/aromatic N) is 1. The Morgan fingerprint density at radius 3 is 2.55 bits per heavy atom. The van der Waals surface area contributed by atoms with Crippen LogP contribution in [0.4, 0.5) is 0 Å². The molecule has 2 amide bonds. The van der Waals surface area contributed by atoms with Gasteiger partial charge < -0.3 is 15.5 Å². The molecule has 5 heteroatoms. The van der Waals surface area contributed by atoms with E-state index in [9.17, 15) is 9.59 Å². The van der Waals surface area contributed by atoms with Crippen molar-refractivity contribution in [3.8, 4) is 0 Å². The Kier molecular flexibility index (Phi) is 5.40. The van der Waals surface area contributed by atoms with Crippen molar-refractivity contribution in [2.24, 2.45) is 11.8 Å². The zero-order valence-corrected chi connectivity index (χ0v) is 12.7. The first-order valence-electron chi connectivity index (χ1n) is 7.84. The van der Waals surface area contributed by atoms with Crippen LogP contribution in [0.1, 0.15) is 39.0 Å². The van der Waals surface area contributed by atoms with E-state index in [-0.39, 0.29) is 17.7 Å². The predicted octanol–water partition coefficient (Wildman–Crippen LogP) is 0.749. The van der Waals surface area contributed by atoms with Crippen LogP contribution in [0.5, 0.6) is 0 Å². The molecule has 2 atom stereocenters. The Labute approximate surface area is 121 Å². The van der Waals surface area contributed by atoms with E-state index in [0.29, 0.717) is 18.4 Å². The summed E-state index contributed by atoms with van der Waals surface area (Å²) in [5, 5.41) is 6.16. The quantitative estimate of drug-likeness (QED) is 0.802. The van der Waals surface area contributed by atoms with E-state index in [1.807, 2.05) is 4.90 Å². The maximum Gasteiger partial charge on any atom is 0.224 e. The molecule has 0 radical (unpaired) electrons. The molecule has 2 heterocycles. The van der Waals surface area contributed by atoms with Crippen LogP contribution in [-0.2, 0) is 9.59 Å². The van der Waals surface area contributed by atoms with Gasteiger partial charge in [0.2, 0.25) is 11.8 Å². The van der Waals surface area contributed by atoms with Gasteiger partial charge in [0, 0.05) is 38.5 Å². The number of hydrogen-bond acceptors (Lipinski definition) is 3. The third-order valence-electron chi connectivity index (χ3n) is 4.79. The molecule has 20 heavy (non-hydrogen) atoms. The van der Waals surface area contributed by atoms with Crippen molar-refractivity contribution in [1.29, 1.82) is 0 Å². The Morgan fingerprint density at radius 2 is 1.95 bits per heavy atom. The van der Waals surface area contributed by atoms with Crippen LogP contribution >= 0.6 is 0 Å². The lowest BCUT2D eigenvalue weighted by Crippen LogP contribution is -2.47. The minimum Gasteiger partial charge on any atom is -0.359 e. The fraction of sp³-hybridized carbons (Fsp3) is 0.867. The fourth-order valence-electron chi connectivity index (χ4n) is 3.30. The summed E-state index contributed by atoms with van der Waals surface area (Å²) in [5.74, 6) is 1.01.